The minimum absolute atomic E-state index is 0.0775. The van der Waals surface area contributed by atoms with Gasteiger partial charge in [0.15, 0.2) is 0 Å². The Morgan fingerprint density at radius 2 is 1.56 bits per heavy atom. The second-order valence-electron chi connectivity index (χ2n) is 6.64. The Hall–Kier alpha value is -2.22. The van der Waals surface area contributed by atoms with Gasteiger partial charge in [-0.1, -0.05) is 29.8 Å². The Morgan fingerprint density at radius 1 is 0.963 bits per heavy atom. The molecule has 7 heteroatoms. The van der Waals surface area contributed by atoms with Gasteiger partial charge >= 0.3 is 0 Å². The molecule has 0 aromatic heterocycles. The molecule has 0 N–H and O–H groups in total. The van der Waals surface area contributed by atoms with Crippen LogP contribution in [0.15, 0.2) is 53.4 Å². The van der Waals surface area contributed by atoms with E-state index < -0.39 is 10.0 Å². The maximum Gasteiger partial charge on any atom is 0.253 e. The van der Waals surface area contributed by atoms with Gasteiger partial charge in [0, 0.05) is 38.9 Å². The van der Waals surface area contributed by atoms with Crippen molar-refractivity contribution in [3.05, 3.63) is 65.2 Å². The second-order valence-corrected chi connectivity index (χ2v) is 8.58. The summed E-state index contributed by atoms with van der Waals surface area (Å²) in [5.41, 5.74) is 2.62. The summed E-state index contributed by atoms with van der Waals surface area (Å²) in [6.45, 7) is 3.77. The van der Waals surface area contributed by atoms with Crippen LogP contribution in [0.1, 0.15) is 21.5 Å². The lowest BCUT2D eigenvalue weighted by atomic mass is 10.1. The molecule has 0 radical (unpaired) electrons. The molecule has 1 aliphatic rings. The number of benzene rings is 2. The second kappa shape index (κ2) is 8.21. The summed E-state index contributed by atoms with van der Waals surface area (Å²) in [7, 11) is -1.89. The van der Waals surface area contributed by atoms with Crippen molar-refractivity contribution in [2.24, 2.45) is 0 Å². The van der Waals surface area contributed by atoms with Crippen LogP contribution in [-0.4, -0.2) is 56.8 Å². The van der Waals surface area contributed by atoms with Gasteiger partial charge in [-0.25, -0.2) is 8.42 Å². The van der Waals surface area contributed by atoms with E-state index in [1.54, 1.807) is 48.4 Å². The number of amides is 1. The average molecular weight is 388 g/mol. The smallest absolute Gasteiger partial charge is 0.253 e. The first-order valence-corrected chi connectivity index (χ1v) is 10.3. The van der Waals surface area contributed by atoms with Crippen molar-refractivity contribution in [1.29, 1.82) is 0 Å². The number of hydrogen-bond acceptors (Lipinski definition) is 4. The minimum atomic E-state index is -3.52. The van der Waals surface area contributed by atoms with Gasteiger partial charge in [-0.15, -0.1) is 0 Å². The van der Waals surface area contributed by atoms with Crippen molar-refractivity contribution < 1.29 is 17.9 Å². The lowest BCUT2D eigenvalue weighted by molar-refractivity contribution is 0.0698. The van der Waals surface area contributed by atoms with Crippen LogP contribution in [0, 0.1) is 6.92 Å². The number of rotatable bonds is 5. The molecule has 0 atom stereocenters. The van der Waals surface area contributed by atoms with Gasteiger partial charge < -0.3 is 9.64 Å². The van der Waals surface area contributed by atoms with Crippen molar-refractivity contribution in [2.75, 3.05) is 33.3 Å². The Balaban J connectivity index is 1.64. The average Bonchev–Trinajstić information content (AvgIpc) is 2.69. The van der Waals surface area contributed by atoms with Gasteiger partial charge in [-0.05, 0) is 36.8 Å². The van der Waals surface area contributed by atoms with Crippen LogP contribution >= 0.6 is 0 Å². The molecule has 0 aliphatic carbocycles. The molecule has 1 heterocycles. The van der Waals surface area contributed by atoms with Gasteiger partial charge in [-0.3, -0.25) is 4.79 Å². The molecule has 0 spiro atoms. The summed E-state index contributed by atoms with van der Waals surface area (Å²) < 4.78 is 32.0. The quantitative estimate of drug-likeness (QED) is 0.788. The fourth-order valence-corrected chi connectivity index (χ4v) is 4.51. The molecule has 1 aliphatic heterocycles. The zero-order valence-corrected chi connectivity index (χ0v) is 16.4. The van der Waals surface area contributed by atoms with E-state index >= 15 is 0 Å². The number of piperazine rings is 1. The highest BCUT2D eigenvalue weighted by Crippen LogP contribution is 2.19. The van der Waals surface area contributed by atoms with Crippen LogP contribution in [0.5, 0.6) is 0 Å². The van der Waals surface area contributed by atoms with Gasteiger partial charge in [0.2, 0.25) is 10.0 Å². The molecule has 0 bridgehead atoms. The van der Waals surface area contributed by atoms with Crippen LogP contribution in [0.2, 0.25) is 0 Å². The molecule has 0 saturated carbocycles. The fraction of sp³-hybridized carbons (Fsp3) is 0.350. The van der Waals surface area contributed by atoms with Crippen LogP contribution in [0.4, 0.5) is 0 Å². The van der Waals surface area contributed by atoms with E-state index in [9.17, 15) is 13.2 Å². The van der Waals surface area contributed by atoms with E-state index in [4.69, 9.17) is 4.74 Å². The van der Waals surface area contributed by atoms with Gasteiger partial charge in [0.1, 0.15) is 0 Å². The van der Waals surface area contributed by atoms with E-state index in [0.29, 0.717) is 43.2 Å². The molecular weight excluding hydrogens is 364 g/mol. The molecular formula is C20H24N2O4S. The van der Waals surface area contributed by atoms with E-state index in [2.05, 4.69) is 0 Å². The summed E-state index contributed by atoms with van der Waals surface area (Å²) >= 11 is 0. The van der Waals surface area contributed by atoms with E-state index in [0.717, 1.165) is 11.1 Å². The third kappa shape index (κ3) is 4.37. The number of nitrogens with zero attached hydrogens (tertiary/aromatic N) is 2. The Kier molecular flexibility index (Phi) is 5.94. The molecule has 144 valence electrons. The third-order valence-corrected chi connectivity index (χ3v) is 6.61. The zero-order valence-electron chi connectivity index (χ0n) is 15.6. The predicted molar refractivity (Wildman–Crippen MR) is 103 cm³/mol. The van der Waals surface area contributed by atoms with Crippen LogP contribution in [0.3, 0.4) is 0 Å². The lowest BCUT2D eigenvalue weighted by Gasteiger charge is -2.34. The number of carbonyl (C=O) groups excluding carboxylic acids is 1. The molecule has 27 heavy (non-hydrogen) atoms. The first-order valence-electron chi connectivity index (χ1n) is 8.86. The van der Waals surface area contributed by atoms with E-state index in [-0.39, 0.29) is 5.91 Å². The largest absolute Gasteiger partial charge is 0.380 e. The third-order valence-electron chi connectivity index (χ3n) is 4.70. The first-order chi connectivity index (χ1) is 12.9. The van der Waals surface area contributed by atoms with Gasteiger partial charge in [0.25, 0.3) is 5.91 Å². The topological polar surface area (TPSA) is 66.9 Å². The van der Waals surface area contributed by atoms with Crippen LogP contribution < -0.4 is 0 Å². The van der Waals surface area contributed by atoms with Crippen molar-refractivity contribution >= 4 is 15.9 Å². The van der Waals surface area contributed by atoms with Crippen molar-refractivity contribution in [3.8, 4) is 0 Å². The van der Waals surface area contributed by atoms with E-state index in [1.807, 2.05) is 19.1 Å². The number of carbonyl (C=O) groups is 1. The highest BCUT2D eigenvalue weighted by atomic mass is 32.2. The maximum absolute atomic E-state index is 12.8. The highest BCUT2D eigenvalue weighted by Gasteiger charge is 2.30. The molecule has 0 unspecified atom stereocenters. The Morgan fingerprint density at radius 3 is 2.11 bits per heavy atom. The van der Waals surface area contributed by atoms with Crippen LogP contribution in [-0.2, 0) is 21.4 Å². The molecule has 6 nitrogen and oxygen atoms in total. The number of methoxy groups -OCH3 is 1. The standard InChI is InChI=1S/C20H24N2O4S/c1-16-3-9-19(10-4-16)27(24,25)22-13-11-21(12-14-22)20(23)18-7-5-17(6-8-18)15-26-2/h3-10H,11-15H2,1-2H3. The number of ether oxygens (including phenoxy) is 1. The lowest BCUT2D eigenvalue weighted by Crippen LogP contribution is -2.50. The summed E-state index contributed by atoms with van der Waals surface area (Å²) in [5.74, 6) is -0.0775. The SMILES string of the molecule is COCc1ccc(C(=O)N2CCN(S(=O)(=O)c3ccc(C)cc3)CC2)cc1. The summed E-state index contributed by atoms with van der Waals surface area (Å²) in [6, 6.07) is 14.1. The minimum Gasteiger partial charge on any atom is -0.380 e. The predicted octanol–water partition coefficient (Wildman–Crippen LogP) is 2.29. The number of aryl methyl sites for hydroxylation is 1. The first kappa shape index (κ1) is 19.5. The number of hydrogen-bond donors (Lipinski definition) is 0. The Labute approximate surface area is 160 Å². The highest BCUT2D eigenvalue weighted by molar-refractivity contribution is 7.89. The van der Waals surface area contributed by atoms with Gasteiger partial charge in [0.05, 0.1) is 11.5 Å². The molecule has 1 fully saturated rings. The fourth-order valence-electron chi connectivity index (χ4n) is 3.08. The molecule has 2 aromatic rings. The van der Waals surface area contributed by atoms with Crippen LogP contribution in [0.25, 0.3) is 0 Å². The monoisotopic (exact) mass is 388 g/mol. The molecule has 1 amide bonds. The summed E-state index contributed by atoms with van der Waals surface area (Å²) in [6.07, 6.45) is 0. The van der Waals surface area contributed by atoms with Crippen molar-refractivity contribution in [3.63, 3.8) is 0 Å². The summed E-state index contributed by atoms with van der Waals surface area (Å²) in [5, 5.41) is 0. The molecule has 1 saturated heterocycles. The Bertz CT molecular complexity index is 885. The normalized spacial score (nSPS) is 15.7. The molecule has 3 rings (SSSR count). The van der Waals surface area contributed by atoms with E-state index in [1.165, 1.54) is 4.31 Å². The summed E-state index contributed by atoms with van der Waals surface area (Å²) in [4.78, 5) is 14.7. The maximum atomic E-state index is 12.8. The van der Waals surface area contributed by atoms with Crippen molar-refractivity contribution in [2.45, 2.75) is 18.4 Å². The number of sulfonamides is 1. The van der Waals surface area contributed by atoms with Gasteiger partial charge in [-0.2, -0.15) is 4.31 Å². The van der Waals surface area contributed by atoms with Crippen molar-refractivity contribution in [1.82, 2.24) is 9.21 Å². The molecule has 2 aromatic carbocycles. The zero-order chi connectivity index (χ0) is 19.4.